The molecular formula is C14H21FN2O2. The van der Waals surface area contributed by atoms with E-state index in [2.05, 4.69) is 5.32 Å². The first-order valence-corrected chi connectivity index (χ1v) is 6.48. The van der Waals surface area contributed by atoms with E-state index in [0.717, 1.165) is 6.42 Å². The van der Waals surface area contributed by atoms with Crippen molar-refractivity contribution in [1.29, 1.82) is 0 Å². The minimum Gasteiger partial charge on any atom is -0.491 e. The molecule has 0 aliphatic heterocycles. The number of nitrogens with two attached hydrogens (primary N) is 1. The van der Waals surface area contributed by atoms with Crippen molar-refractivity contribution >= 4 is 11.6 Å². The number of hydrogen-bond acceptors (Lipinski definition) is 3. The number of benzene rings is 1. The van der Waals surface area contributed by atoms with E-state index < -0.39 is 11.9 Å². The van der Waals surface area contributed by atoms with E-state index in [1.165, 1.54) is 12.1 Å². The number of carbonyl (C=O) groups is 1. The van der Waals surface area contributed by atoms with Crippen molar-refractivity contribution in [3.63, 3.8) is 0 Å². The summed E-state index contributed by atoms with van der Waals surface area (Å²) in [5.41, 5.74) is 6.18. The van der Waals surface area contributed by atoms with Crippen molar-refractivity contribution in [1.82, 2.24) is 0 Å². The van der Waals surface area contributed by atoms with E-state index in [-0.39, 0.29) is 17.6 Å². The molecule has 3 N–H and O–H groups in total. The van der Waals surface area contributed by atoms with E-state index in [1.807, 2.05) is 13.8 Å². The van der Waals surface area contributed by atoms with Gasteiger partial charge in [0.2, 0.25) is 5.91 Å². The molecule has 0 aliphatic carbocycles. The fourth-order valence-electron chi connectivity index (χ4n) is 1.59. The van der Waals surface area contributed by atoms with Gasteiger partial charge in [-0.05, 0) is 25.0 Å². The lowest BCUT2D eigenvalue weighted by molar-refractivity contribution is -0.118. The molecule has 106 valence electrons. The second-order valence-corrected chi connectivity index (χ2v) is 4.48. The van der Waals surface area contributed by atoms with E-state index >= 15 is 0 Å². The lowest BCUT2D eigenvalue weighted by Crippen LogP contribution is -2.40. The summed E-state index contributed by atoms with van der Waals surface area (Å²) in [7, 11) is 0. The summed E-state index contributed by atoms with van der Waals surface area (Å²) in [6.07, 6.45) is 0.812. The maximum atomic E-state index is 13.6. The average Bonchev–Trinajstić information content (AvgIpc) is 2.40. The average molecular weight is 268 g/mol. The fourth-order valence-corrected chi connectivity index (χ4v) is 1.59. The van der Waals surface area contributed by atoms with Crippen LogP contribution in [0.25, 0.3) is 0 Å². The van der Waals surface area contributed by atoms with Gasteiger partial charge >= 0.3 is 0 Å². The number of carbonyl (C=O) groups excluding carboxylic acids is 1. The molecule has 0 bridgehead atoms. The first-order chi connectivity index (χ1) is 8.99. The third-order valence-electron chi connectivity index (χ3n) is 3.06. The van der Waals surface area contributed by atoms with Crippen LogP contribution in [0.15, 0.2) is 18.2 Å². The predicted molar refractivity (Wildman–Crippen MR) is 73.6 cm³/mol. The van der Waals surface area contributed by atoms with Gasteiger partial charge in [-0.1, -0.05) is 20.3 Å². The Labute approximate surface area is 113 Å². The third kappa shape index (κ3) is 4.21. The minimum atomic E-state index is -0.598. The molecule has 4 nitrogen and oxygen atoms in total. The van der Waals surface area contributed by atoms with Crippen molar-refractivity contribution in [2.45, 2.75) is 33.2 Å². The molecule has 0 radical (unpaired) electrons. The topological polar surface area (TPSA) is 64.3 Å². The molecule has 1 aromatic rings. The zero-order chi connectivity index (χ0) is 14.4. The highest BCUT2D eigenvalue weighted by Crippen LogP contribution is 2.21. The quantitative estimate of drug-likeness (QED) is 0.833. The van der Waals surface area contributed by atoms with Crippen LogP contribution in [-0.4, -0.2) is 18.6 Å². The Morgan fingerprint density at radius 1 is 1.47 bits per heavy atom. The first-order valence-electron chi connectivity index (χ1n) is 6.48. The molecule has 0 fully saturated rings. The molecule has 0 aromatic heterocycles. The lowest BCUT2D eigenvalue weighted by atomic mass is 9.99. The van der Waals surface area contributed by atoms with Crippen LogP contribution in [0.2, 0.25) is 0 Å². The van der Waals surface area contributed by atoms with Crippen LogP contribution in [0.4, 0.5) is 10.1 Å². The standard InChI is InChI=1S/C14H21FN2O2/c1-4-9(3)13(16)14(18)17-10-6-7-12(19-5-2)11(15)8-10/h6-9,13H,4-5,16H2,1-3H3,(H,17,18). The fraction of sp³-hybridized carbons (Fsp3) is 0.500. The number of rotatable bonds is 6. The highest BCUT2D eigenvalue weighted by atomic mass is 19.1. The third-order valence-corrected chi connectivity index (χ3v) is 3.06. The number of anilines is 1. The van der Waals surface area contributed by atoms with Crippen LogP contribution in [0.5, 0.6) is 5.75 Å². The lowest BCUT2D eigenvalue weighted by Gasteiger charge is -2.18. The Kier molecular flexibility index (Phi) is 5.76. The van der Waals surface area contributed by atoms with Gasteiger partial charge in [-0.3, -0.25) is 4.79 Å². The summed E-state index contributed by atoms with van der Waals surface area (Å²) >= 11 is 0. The Bertz CT molecular complexity index is 437. The summed E-state index contributed by atoms with van der Waals surface area (Å²) < 4.78 is 18.7. The first kappa shape index (κ1) is 15.4. The maximum Gasteiger partial charge on any atom is 0.241 e. The zero-order valence-corrected chi connectivity index (χ0v) is 11.6. The normalized spacial score (nSPS) is 13.7. The summed E-state index contributed by atoms with van der Waals surface area (Å²) in [6.45, 7) is 6.04. The predicted octanol–water partition coefficient (Wildman–Crippen LogP) is 2.54. The molecule has 0 saturated carbocycles. The van der Waals surface area contributed by atoms with E-state index in [4.69, 9.17) is 10.5 Å². The molecule has 2 unspecified atom stereocenters. The molecule has 1 rings (SSSR count). The molecule has 1 amide bonds. The molecule has 0 spiro atoms. The summed E-state index contributed by atoms with van der Waals surface area (Å²) in [4.78, 5) is 11.8. The maximum absolute atomic E-state index is 13.6. The van der Waals surface area contributed by atoms with Gasteiger partial charge < -0.3 is 15.8 Å². The van der Waals surface area contributed by atoms with Crippen LogP contribution < -0.4 is 15.8 Å². The van der Waals surface area contributed by atoms with Crippen molar-refractivity contribution in [3.8, 4) is 5.75 Å². The van der Waals surface area contributed by atoms with E-state index in [9.17, 15) is 9.18 Å². The van der Waals surface area contributed by atoms with E-state index in [1.54, 1.807) is 13.0 Å². The summed E-state index contributed by atoms with van der Waals surface area (Å²) in [6, 6.07) is 3.71. The molecule has 1 aromatic carbocycles. The van der Waals surface area contributed by atoms with Crippen LogP contribution >= 0.6 is 0 Å². The summed E-state index contributed by atoms with van der Waals surface area (Å²) in [5.74, 6) is -0.561. The van der Waals surface area contributed by atoms with Gasteiger partial charge in [0.15, 0.2) is 11.6 Å². The van der Waals surface area contributed by atoms with Gasteiger partial charge in [0, 0.05) is 11.8 Å². The SMILES string of the molecule is CCOc1ccc(NC(=O)C(N)C(C)CC)cc1F. The Morgan fingerprint density at radius 2 is 2.16 bits per heavy atom. The van der Waals surface area contributed by atoms with Gasteiger partial charge in [0.25, 0.3) is 0 Å². The molecule has 2 atom stereocenters. The van der Waals surface area contributed by atoms with Crippen molar-refractivity contribution in [2.75, 3.05) is 11.9 Å². The number of ether oxygens (including phenoxy) is 1. The summed E-state index contributed by atoms with van der Waals surface area (Å²) in [5, 5.41) is 2.61. The van der Waals surface area contributed by atoms with E-state index in [0.29, 0.717) is 12.3 Å². The Morgan fingerprint density at radius 3 is 2.68 bits per heavy atom. The molecule has 0 heterocycles. The van der Waals surface area contributed by atoms with Gasteiger partial charge in [0.1, 0.15) is 0 Å². The number of halogens is 1. The van der Waals surface area contributed by atoms with Crippen molar-refractivity contribution in [2.24, 2.45) is 11.7 Å². The highest BCUT2D eigenvalue weighted by Gasteiger charge is 2.19. The zero-order valence-electron chi connectivity index (χ0n) is 11.6. The molecular weight excluding hydrogens is 247 g/mol. The highest BCUT2D eigenvalue weighted by molar-refractivity contribution is 5.94. The van der Waals surface area contributed by atoms with Gasteiger partial charge in [-0.15, -0.1) is 0 Å². The number of hydrogen-bond donors (Lipinski definition) is 2. The van der Waals surface area contributed by atoms with Gasteiger partial charge in [-0.2, -0.15) is 0 Å². The molecule has 5 heteroatoms. The monoisotopic (exact) mass is 268 g/mol. The van der Waals surface area contributed by atoms with Crippen molar-refractivity contribution in [3.05, 3.63) is 24.0 Å². The largest absolute Gasteiger partial charge is 0.491 e. The number of nitrogens with one attached hydrogen (secondary N) is 1. The van der Waals surface area contributed by atoms with Crippen LogP contribution in [-0.2, 0) is 4.79 Å². The smallest absolute Gasteiger partial charge is 0.241 e. The van der Waals surface area contributed by atoms with Gasteiger partial charge in [-0.25, -0.2) is 4.39 Å². The van der Waals surface area contributed by atoms with Crippen molar-refractivity contribution < 1.29 is 13.9 Å². The van der Waals surface area contributed by atoms with Crippen LogP contribution in [0.3, 0.4) is 0 Å². The molecule has 19 heavy (non-hydrogen) atoms. The van der Waals surface area contributed by atoms with Gasteiger partial charge in [0.05, 0.1) is 12.6 Å². The second kappa shape index (κ2) is 7.09. The molecule has 0 saturated heterocycles. The Balaban J connectivity index is 2.72. The second-order valence-electron chi connectivity index (χ2n) is 4.48. The molecule has 0 aliphatic rings. The minimum absolute atomic E-state index is 0.0764. The van der Waals surface area contributed by atoms with Crippen LogP contribution in [0, 0.1) is 11.7 Å². The number of amides is 1. The van der Waals surface area contributed by atoms with Crippen LogP contribution in [0.1, 0.15) is 27.2 Å². The Hall–Kier alpha value is -1.62.